The zero-order valence-electron chi connectivity index (χ0n) is 16.4. The first-order valence-electron chi connectivity index (χ1n) is 9.27. The number of halogens is 2. The molecule has 0 aliphatic heterocycles. The number of anilines is 1. The van der Waals surface area contributed by atoms with Crippen LogP contribution in [0.5, 0.6) is 0 Å². The molecule has 0 unspecified atom stereocenters. The summed E-state index contributed by atoms with van der Waals surface area (Å²) in [5.74, 6) is 0.302. The van der Waals surface area contributed by atoms with E-state index in [2.05, 4.69) is 31.3 Å². The van der Waals surface area contributed by atoms with Crippen LogP contribution in [0.2, 0.25) is 0 Å². The van der Waals surface area contributed by atoms with Crippen LogP contribution in [0.25, 0.3) is 16.9 Å². The van der Waals surface area contributed by atoms with E-state index in [4.69, 9.17) is 0 Å². The van der Waals surface area contributed by atoms with Gasteiger partial charge in [-0.3, -0.25) is 4.79 Å². The minimum Gasteiger partial charge on any atom is -0.366 e. The summed E-state index contributed by atoms with van der Waals surface area (Å²) in [5.41, 5.74) is 3.14. The normalized spacial score (nSPS) is 10.9. The Morgan fingerprint density at radius 2 is 1.90 bits per heavy atom. The van der Waals surface area contributed by atoms with E-state index in [1.807, 2.05) is 12.1 Å². The van der Waals surface area contributed by atoms with Crippen molar-refractivity contribution in [3.8, 4) is 11.3 Å². The van der Waals surface area contributed by atoms with Crippen molar-refractivity contribution in [2.75, 3.05) is 19.4 Å². The number of fused-ring (bicyclic) bond motifs is 1. The van der Waals surface area contributed by atoms with Gasteiger partial charge in [-0.15, -0.1) is 0 Å². The Kier molecular flexibility index (Phi) is 5.50. The standard InChI is InChI=1S/C22H19BrFN5O/c1-28(2)22(30)15-9-7-14(8-10-15)12-25-20-11-19(16-5-3-4-6-18(16)24)27-21-17(23)13-26-29(20)21/h3-11,13,25H,12H2,1-2H3. The lowest BCUT2D eigenvalue weighted by Crippen LogP contribution is -2.21. The molecule has 0 spiro atoms. The molecule has 0 saturated carbocycles. The Bertz CT molecular complexity index is 1220. The number of hydrogen-bond acceptors (Lipinski definition) is 4. The summed E-state index contributed by atoms with van der Waals surface area (Å²) in [5, 5.41) is 7.69. The van der Waals surface area contributed by atoms with Gasteiger partial charge in [-0.25, -0.2) is 9.37 Å². The van der Waals surface area contributed by atoms with Crippen molar-refractivity contribution >= 4 is 33.3 Å². The topological polar surface area (TPSA) is 62.5 Å². The van der Waals surface area contributed by atoms with Crippen molar-refractivity contribution < 1.29 is 9.18 Å². The summed E-state index contributed by atoms with van der Waals surface area (Å²) in [6.07, 6.45) is 1.65. The van der Waals surface area contributed by atoms with Gasteiger partial charge in [0.15, 0.2) is 5.65 Å². The number of nitrogens with one attached hydrogen (secondary N) is 1. The number of carbonyl (C=O) groups excluding carboxylic acids is 1. The van der Waals surface area contributed by atoms with Gasteiger partial charge in [0.2, 0.25) is 0 Å². The highest BCUT2D eigenvalue weighted by Gasteiger charge is 2.14. The van der Waals surface area contributed by atoms with E-state index in [1.54, 1.807) is 66.1 Å². The molecular formula is C22H19BrFN5O. The minimum atomic E-state index is -0.336. The second-order valence-electron chi connectivity index (χ2n) is 6.98. The Labute approximate surface area is 181 Å². The molecule has 0 radical (unpaired) electrons. The van der Waals surface area contributed by atoms with Crippen LogP contribution >= 0.6 is 15.9 Å². The smallest absolute Gasteiger partial charge is 0.253 e. The Hall–Kier alpha value is -3.26. The number of carbonyl (C=O) groups is 1. The lowest BCUT2D eigenvalue weighted by Gasteiger charge is -2.13. The molecule has 0 aliphatic rings. The Morgan fingerprint density at radius 1 is 1.17 bits per heavy atom. The molecule has 152 valence electrons. The first-order chi connectivity index (χ1) is 14.4. The van der Waals surface area contributed by atoms with Gasteiger partial charge in [-0.05, 0) is 45.8 Å². The van der Waals surface area contributed by atoms with E-state index in [9.17, 15) is 9.18 Å². The summed E-state index contributed by atoms with van der Waals surface area (Å²) < 4.78 is 16.7. The van der Waals surface area contributed by atoms with E-state index in [1.165, 1.54) is 6.07 Å². The molecule has 0 bridgehead atoms. The van der Waals surface area contributed by atoms with Crippen LogP contribution in [-0.4, -0.2) is 39.5 Å². The van der Waals surface area contributed by atoms with Crippen molar-refractivity contribution in [2.24, 2.45) is 0 Å². The van der Waals surface area contributed by atoms with Crippen LogP contribution in [0.1, 0.15) is 15.9 Å². The highest BCUT2D eigenvalue weighted by Crippen LogP contribution is 2.27. The molecule has 0 saturated heterocycles. The number of aromatic nitrogens is 3. The maximum atomic E-state index is 14.3. The average molecular weight is 468 g/mol. The molecular weight excluding hydrogens is 449 g/mol. The molecule has 2 heterocycles. The van der Waals surface area contributed by atoms with Crippen molar-refractivity contribution in [3.05, 3.63) is 82.2 Å². The van der Waals surface area contributed by atoms with E-state index in [0.29, 0.717) is 34.8 Å². The number of benzene rings is 2. The van der Waals surface area contributed by atoms with E-state index < -0.39 is 0 Å². The molecule has 8 heteroatoms. The van der Waals surface area contributed by atoms with Crippen LogP contribution in [0.4, 0.5) is 10.2 Å². The maximum Gasteiger partial charge on any atom is 0.253 e. The van der Waals surface area contributed by atoms with E-state index >= 15 is 0 Å². The molecule has 0 atom stereocenters. The van der Waals surface area contributed by atoms with Gasteiger partial charge >= 0.3 is 0 Å². The molecule has 2 aromatic heterocycles. The van der Waals surface area contributed by atoms with Crippen LogP contribution in [0, 0.1) is 5.82 Å². The second-order valence-corrected chi connectivity index (χ2v) is 7.84. The molecule has 6 nitrogen and oxygen atoms in total. The summed E-state index contributed by atoms with van der Waals surface area (Å²) in [4.78, 5) is 18.1. The highest BCUT2D eigenvalue weighted by molar-refractivity contribution is 9.10. The third-order valence-electron chi connectivity index (χ3n) is 4.66. The van der Waals surface area contributed by atoms with Crippen LogP contribution < -0.4 is 5.32 Å². The van der Waals surface area contributed by atoms with Gasteiger partial charge in [0.1, 0.15) is 11.6 Å². The largest absolute Gasteiger partial charge is 0.366 e. The second kappa shape index (κ2) is 8.23. The van der Waals surface area contributed by atoms with Gasteiger partial charge < -0.3 is 10.2 Å². The third-order valence-corrected chi connectivity index (χ3v) is 5.22. The maximum absolute atomic E-state index is 14.3. The van der Waals surface area contributed by atoms with E-state index in [0.717, 1.165) is 10.0 Å². The number of nitrogens with zero attached hydrogens (tertiary/aromatic N) is 4. The molecule has 0 fully saturated rings. The number of amides is 1. The quantitative estimate of drug-likeness (QED) is 0.465. The fourth-order valence-corrected chi connectivity index (χ4v) is 3.43. The monoisotopic (exact) mass is 467 g/mol. The van der Waals surface area contributed by atoms with Crippen molar-refractivity contribution in [1.82, 2.24) is 19.5 Å². The SMILES string of the molecule is CN(C)C(=O)c1ccc(CNc2cc(-c3ccccc3F)nc3c(Br)cnn23)cc1. The minimum absolute atomic E-state index is 0.0405. The Morgan fingerprint density at radius 3 is 2.60 bits per heavy atom. The zero-order valence-corrected chi connectivity index (χ0v) is 18.0. The fraction of sp³-hybridized carbons (Fsp3) is 0.136. The average Bonchev–Trinajstić information content (AvgIpc) is 3.13. The predicted molar refractivity (Wildman–Crippen MR) is 118 cm³/mol. The van der Waals surface area contributed by atoms with Gasteiger partial charge in [0, 0.05) is 37.8 Å². The van der Waals surface area contributed by atoms with Gasteiger partial charge in [-0.2, -0.15) is 9.61 Å². The van der Waals surface area contributed by atoms with Gasteiger partial charge in [0.25, 0.3) is 5.91 Å². The first-order valence-corrected chi connectivity index (χ1v) is 10.1. The predicted octanol–water partition coefficient (Wildman–Crippen LogP) is 4.61. The van der Waals surface area contributed by atoms with Crippen molar-refractivity contribution in [2.45, 2.75) is 6.54 Å². The van der Waals surface area contributed by atoms with Crippen molar-refractivity contribution in [1.29, 1.82) is 0 Å². The zero-order chi connectivity index (χ0) is 21.3. The van der Waals surface area contributed by atoms with E-state index in [-0.39, 0.29) is 11.7 Å². The summed E-state index contributed by atoms with van der Waals surface area (Å²) in [6, 6.07) is 15.7. The molecule has 30 heavy (non-hydrogen) atoms. The molecule has 4 aromatic rings. The summed E-state index contributed by atoms with van der Waals surface area (Å²) in [7, 11) is 3.45. The van der Waals surface area contributed by atoms with Crippen LogP contribution in [-0.2, 0) is 6.54 Å². The third kappa shape index (κ3) is 3.91. The Balaban J connectivity index is 1.64. The van der Waals surface area contributed by atoms with Gasteiger partial charge in [0.05, 0.1) is 16.4 Å². The number of rotatable bonds is 5. The van der Waals surface area contributed by atoms with Gasteiger partial charge in [-0.1, -0.05) is 24.3 Å². The molecule has 1 amide bonds. The lowest BCUT2D eigenvalue weighted by atomic mass is 10.1. The van der Waals surface area contributed by atoms with Crippen molar-refractivity contribution in [3.63, 3.8) is 0 Å². The molecule has 0 aliphatic carbocycles. The summed E-state index contributed by atoms with van der Waals surface area (Å²) in [6.45, 7) is 0.504. The lowest BCUT2D eigenvalue weighted by molar-refractivity contribution is 0.0827. The highest BCUT2D eigenvalue weighted by atomic mass is 79.9. The first kappa shape index (κ1) is 20.0. The summed E-state index contributed by atoms with van der Waals surface area (Å²) >= 11 is 3.45. The van der Waals surface area contributed by atoms with Crippen LogP contribution in [0.3, 0.4) is 0 Å². The molecule has 4 rings (SSSR count). The van der Waals surface area contributed by atoms with Crippen LogP contribution in [0.15, 0.2) is 65.3 Å². The molecule has 2 aromatic carbocycles. The fourth-order valence-electron chi connectivity index (χ4n) is 3.08. The number of hydrogen-bond donors (Lipinski definition) is 1. The molecule has 1 N–H and O–H groups in total.